The summed E-state index contributed by atoms with van der Waals surface area (Å²) in [5, 5.41) is 8.49. The Morgan fingerprint density at radius 3 is 2.84 bits per heavy atom. The number of carbonyl (C=O) groups is 1. The third-order valence-corrected chi connectivity index (χ3v) is 6.71. The highest BCUT2D eigenvalue weighted by atomic mass is 32.2. The standard InChI is InChI=1S/C24H23N5O2S/c1-16-6-5-9-18(12-16)29-22-20(14-26-29)23(31)28-19(15-32-24(28)27-22)13-21(30)25-11-10-17-7-3-2-4-8-17/h2-9,12,14,19H,10-11,13,15H2,1H3,(H,25,30)/t19-/m1/s1. The number of fused-ring (bicyclic) bond motifs is 2. The van der Waals surface area contributed by atoms with Crippen LogP contribution in [0, 0.1) is 6.92 Å². The topological polar surface area (TPSA) is 81.8 Å². The summed E-state index contributed by atoms with van der Waals surface area (Å²) in [6.45, 7) is 2.59. The van der Waals surface area contributed by atoms with Crippen LogP contribution in [0.1, 0.15) is 23.6 Å². The molecule has 1 amide bonds. The third-order valence-electron chi connectivity index (χ3n) is 5.62. The number of hydrogen-bond acceptors (Lipinski definition) is 5. The first-order valence-corrected chi connectivity index (χ1v) is 11.6. The van der Waals surface area contributed by atoms with Gasteiger partial charge in [0.15, 0.2) is 10.8 Å². The summed E-state index contributed by atoms with van der Waals surface area (Å²) in [5.41, 5.74) is 3.57. The molecule has 2 aromatic carbocycles. The van der Waals surface area contributed by atoms with Gasteiger partial charge >= 0.3 is 0 Å². The van der Waals surface area contributed by atoms with E-state index in [1.165, 1.54) is 17.3 Å². The molecule has 1 aliphatic rings. The Morgan fingerprint density at radius 2 is 2.03 bits per heavy atom. The molecule has 0 radical (unpaired) electrons. The number of benzene rings is 2. The first-order valence-electron chi connectivity index (χ1n) is 10.6. The fraction of sp³-hybridized carbons (Fsp3) is 0.250. The van der Waals surface area contributed by atoms with E-state index in [1.54, 1.807) is 15.4 Å². The fourth-order valence-corrected chi connectivity index (χ4v) is 5.14. The van der Waals surface area contributed by atoms with Crippen LogP contribution < -0.4 is 10.9 Å². The Labute approximate surface area is 189 Å². The Morgan fingerprint density at radius 1 is 1.19 bits per heavy atom. The van der Waals surface area contributed by atoms with Gasteiger partial charge in [0, 0.05) is 18.7 Å². The van der Waals surface area contributed by atoms with E-state index >= 15 is 0 Å². The van der Waals surface area contributed by atoms with Gasteiger partial charge in [-0.2, -0.15) is 5.10 Å². The molecular weight excluding hydrogens is 422 g/mol. The zero-order valence-electron chi connectivity index (χ0n) is 17.7. The van der Waals surface area contributed by atoms with Crippen molar-refractivity contribution in [3.8, 4) is 5.69 Å². The molecule has 162 valence electrons. The molecule has 0 aliphatic carbocycles. The predicted molar refractivity (Wildman–Crippen MR) is 125 cm³/mol. The molecule has 5 rings (SSSR count). The molecule has 32 heavy (non-hydrogen) atoms. The van der Waals surface area contributed by atoms with Crippen LogP contribution in [0.15, 0.2) is 70.7 Å². The van der Waals surface area contributed by atoms with E-state index in [4.69, 9.17) is 4.98 Å². The minimum atomic E-state index is -0.210. The van der Waals surface area contributed by atoms with Gasteiger partial charge in [-0.3, -0.25) is 14.2 Å². The smallest absolute Gasteiger partial charge is 0.265 e. The van der Waals surface area contributed by atoms with E-state index < -0.39 is 0 Å². The highest BCUT2D eigenvalue weighted by molar-refractivity contribution is 7.99. The van der Waals surface area contributed by atoms with Gasteiger partial charge in [0.25, 0.3) is 5.56 Å². The maximum absolute atomic E-state index is 13.2. The lowest BCUT2D eigenvalue weighted by atomic mass is 10.1. The Hall–Kier alpha value is -3.39. The number of nitrogens with one attached hydrogen (secondary N) is 1. The minimum Gasteiger partial charge on any atom is -0.356 e. The zero-order chi connectivity index (χ0) is 22.1. The maximum Gasteiger partial charge on any atom is 0.265 e. The van der Waals surface area contributed by atoms with Crippen molar-refractivity contribution in [1.82, 2.24) is 24.6 Å². The van der Waals surface area contributed by atoms with Crippen LogP contribution in [-0.4, -0.2) is 37.5 Å². The lowest BCUT2D eigenvalue weighted by Crippen LogP contribution is -2.31. The van der Waals surface area contributed by atoms with Gasteiger partial charge in [0.05, 0.1) is 17.9 Å². The molecule has 3 heterocycles. The first kappa shape index (κ1) is 20.5. The number of hydrogen-bond donors (Lipinski definition) is 1. The van der Waals surface area contributed by atoms with Crippen molar-refractivity contribution in [2.45, 2.75) is 31.0 Å². The van der Waals surface area contributed by atoms with Crippen LogP contribution in [0.2, 0.25) is 0 Å². The molecule has 7 nitrogen and oxygen atoms in total. The number of thioether (sulfide) groups is 1. The Balaban J connectivity index is 1.34. The summed E-state index contributed by atoms with van der Waals surface area (Å²) in [5.74, 6) is 0.598. The monoisotopic (exact) mass is 445 g/mol. The summed E-state index contributed by atoms with van der Waals surface area (Å²) in [7, 11) is 0. The van der Waals surface area contributed by atoms with Gasteiger partial charge < -0.3 is 5.32 Å². The summed E-state index contributed by atoms with van der Waals surface area (Å²) in [6, 6.07) is 17.8. The molecule has 0 fully saturated rings. The zero-order valence-corrected chi connectivity index (χ0v) is 18.5. The lowest BCUT2D eigenvalue weighted by molar-refractivity contribution is -0.121. The van der Waals surface area contributed by atoms with Crippen molar-refractivity contribution in [3.63, 3.8) is 0 Å². The van der Waals surface area contributed by atoms with Gasteiger partial charge in [-0.25, -0.2) is 9.67 Å². The van der Waals surface area contributed by atoms with E-state index in [0.717, 1.165) is 17.7 Å². The van der Waals surface area contributed by atoms with E-state index in [9.17, 15) is 9.59 Å². The van der Waals surface area contributed by atoms with Crippen LogP contribution in [0.3, 0.4) is 0 Å². The van der Waals surface area contributed by atoms with Crippen LogP contribution in [0.4, 0.5) is 0 Å². The summed E-state index contributed by atoms with van der Waals surface area (Å²) in [4.78, 5) is 30.5. The number of aromatic nitrogens is 4. The van der Waals surface area contributed by atoms with Gasteiger partial charge in [-0.15, -0.1) is 0 Å². The number of amides is 1. The third kappa shape index (κ3) is 3.93. The predicted octanol–water partition coefficient (Wildman–Crippen LogP) is 3.29. The van der Waals surface area contributed by atoms with E-state index in [0.29, 0.717) is 28.5 Å². The van der Waals surface area contributed by atoms with E-state index in [2.05, 4.69) is 10.4 Å². The minimum absolute atomic E-state index is 0.0539. The molecule has 0 saturated heterocycles. The molecule has 1 aliphatic heterocycles. The Bertz CT molecular complexity index is 1350. The average molecular weight is 446 g/mol. The number of nitrogens with zero attached hydrogens (tertiary/aromatic N) is 4. The van der Waals surface area contributed by atoms with E-state index in [-0.39, 0.29) is 23.9 Å². The molecule has 0 spiro atoms. The van der Waals surface area contributed by atoms with E-state index in [1.807, 2.05) is 61.5 Å². The second-order valence-electron chi connectivity index (χ2n) is 7.96. The molecular formula is C24H23N5O2S. The van der Waals surface area contributed by atoms with Crippen LogP contribution in [0.25, 0.3) is 16.7 Å². The van der Waals surface area contributed by atoms with Crippen molar-refractivity contribution in [2.24, 2.45) is 0 Å². The summed E-state index contributed by atoms with van der Waals surface area (Å²) in [6.07, 6.45) is 2.61. The largest absolute Gasteiger partial charge is 0.356 e. The van der Waals surface area contributed by atoms with Crippen LogP contribution in [0.5, 0.6) is 0 Å². The molecule has 0 saturated carbocycles. The highest BCUT2D eigenvalue weighted by Gasteiger charge is 2.29. The van der Waals surface area contributed by atoms with Crippen molar-refractivity contribution in [2.75, 3.05) is 12.3 Å². The van der Waals surface area contributed by atoms with Gasteiger partial charge in [-0.1, -0.05) is 54.2 Å². The Kier molecular flexibility index (Phi) is 5.53. The molecule has 4 aromatic rings. The molecule has 8 heteroatoms. The van der Waals surface area contributed by atoms with Crippen LogP contribution in [-0.2, 0) is 11.2 Å². The summed E-state index contributed by atoms with van der Waals surface area (Å²) >= 11 is 1.51. The molecule has 1 N–H and O–H groups in total. The van der Waals surface area contributed by atoms with Crippen molar-refractivity contribution in [3.05, 3.63) is 82.3 Å². The SMILES string of the molecule is Cc1cccc(-n2ncc3c(=O)n4c(nc32)SC[C@H]4CC(=O)NCCc2ccccc2)c1. The lowest BCUT2D eigenvalue weighted by Gasteiger charge is -2.13. The summed E-state index contributed by atoms with van der Waals surface area (Å²) < 4.78 is 3.36. The van der Waals surface area contributed by atoms with Crippen molar-refractivity contribution < 1.29 is 4.79 Å². The fourth-order valence-electron chi connectivity index (χ4n) is 4.01. The van der Waals surface area contributed by atoms with Gasteiger partial charge in [0.1, 0.15) is 5.39 Å². The average Bonchev–Trinajstić information content (AvgIpc) is 3.39. The quantitative estimate of drug-likeness (QED) is 0.461. The first-order chi connectivity index (χ1) is 15.6. The number of carbonyl (C=O) groups excluding carboxylic acids is 1. The molecule has 1 atom stereocenters. The highest BCUT2D eigenvalue weighted by Crippen LogP contribution is 2.33. The number of rotatable bonds is 6. The molecule has 0 bridgehead atoms. The second kappa shape index (κ2) is 8.63. The number of aryl methyl sites for hydroxylation is 1. The molecule has 0 unspecified atom stereocenters. The van der Waals surface area contributed by atoms with Crippen molar-refractivity contribution >= 4 is 28.7 Å². The normalized spacial score (nSPS) is 15.1. The van der Waals surface area contributed by atoms with Crippen LogP contribution >= 0.6 is 11.8 Å². The maximum atomic E-state index is 13.2. The molecule has 2 aromatic heterocycles. The van der Waals surface area contributed by atoms with Gasteiger partial charge in [0.2, 0.25) is 5.91 Å². The van der Waals surface area contributed by atoms with Crippen molar-refractivity contribution in [1.29, 1.82) is 0 Å². The second-order valence-corrected chi connectivity index (χ2v) is 8.94. The van der Waals surface area contributed by atoms with Gasteiger partial charge in [-0.05, 0) is 36.6 Å².